The van der Waals surface area contributed by atoms with Crippen LogP contribution in [0.15, 0.2) is 24.3 Å². The maximum Gasteiger partial charge on any atom is 0.248 e. The summed E-state index contributed by atoms with van der Waals surface area (Å²) in [6, 6.07) is 7.54. The van der Waals surface area contributed by atoms with Crippen molar-refractivity contribution in [2.45, 2.75) is 39.3 Å². The third-order valence-electron chi connectivity index (χ3n) is 3.36. The average molecular weight is 260 g/mol. The van der Waals surface area contributed by atoms with Gasteiger partial charge >= 0.3 is 0 Å². The molecule has 1 aromatic rings. The normalized spacial score (nSPS) is 14.5. The fourth-order valence-electron chi connectivity index (χ4n) is 2.08. The van der Waals surface area contributed by atoms with Crippen LogP contribution in [0.3, 0.4) is 0 Å². The van der Waals surface area contributed by atoms with Gasteiger partial charge in [0.25, 0.3) is 0 Å². The minimum Gasteiger partial charge on any atom is -0.366 e. The van der Waals surface area contributed by atoms with Gasteiger partial charge in [-0.05, 0) is 30.5 Å². The van der Waals surface area contributed by atoms with E-state index in [1.54, 1.807) is 12.1 Å². The van der Waals surface area contributed by atoms with Gasteiger partial charge < -0.3 is 10.6 Å². The number of hydrogen-bond acceptors (Lipinski definition) is 2. The Morgan fingerprint density at radius 1 is 1.26 bits per heavy atom. The standard InChI is InChI=1S/C15H20N2O2/c1-10(2)15(19)17(13-7-8-13)9-11-3-5-12(6-4-11)14(16)18/h3-6,10,13H,7-9H2,1-2H3,(H2,16,18). The van der Waals surface area contributed by atoms with Crippen molar-refractivity contribution < 1.29 is 9.59 Å². The van der Waals surface area contributed by atoms with E-state index in [9.17, 15) is 9.59 Å². The molecule has 4 nitrogen and oxygen atoms in total. The SMILES string of the molecule is CC(C)C(=O)N(Cc1ccc(C(N)=O)cc1)C1CC1. The number of benzene rings is 1. The Morgan fingerprint density at radius 2 is 1.84 bits per heavy atom. The summed E-state index contributed by atoms with van der Waals surface area (Å²) in [5.41, 5.74) is 6.74. The van der Waals surface area contributed by atoms with Gasteiger partial charge in [-0.25, -0.2) is 0 Å². The highest BCUT2D eigenvalue weighted by Crippen LogP contribution is 2.29. The second-order valence-electron chi connectivity index (χ2n) is 5.41. The van der Waals surface area contributed by atoms with Gasteiger partial charge in [0.15, 0.2) is 0 Å². The highest BCUT2D eigenvalue weighted by Gasteiger charge is 2.33. The Labute approximate surface area is 113 Å². The van der Waals surface area contributed by atoms with Crippen LogP contribution in [0.1, 0.15) is 42.6 Å². The quantitative estimate of drug-likeness (QED) is 0.879. The van der Waals surface area contributed by atoms with Crippen LogP contribution >= 0.6 is 0 Å². The van der Waals surface area contributed by atoms with E-state index in [4.69, 9.17) is 5.73 Å². The maximum atomic E-state index is 12.2. The number of rotatable bonds is 5. The van der Waals surface area contributed by atoms with Crippen molar-refractivity contribution in [1.29, 1.82) is 0 Å². The van der Waals surface area contributed by atoms with Crippen molar-refractivity contribution in [2.24, 2.45) is 11.7 Å². The molecule has 2 N–H and O–H groups in total. The lowest BCUT2D eigenvalue weighted by atomic mass is 10.1. The molecule has 0 atom stereocenters. The van der Waals surface area contributed by atoms with Crippen molar-refractivity contribution in [3.05, 3.63) is 35.4 Å². The van der Waals surface area contributed by atoms with Gasteiger partial charge in [-0.2, -0.15) is 0 Å². The molecule has 0 heterocycles. The van der Waals surface area contributed by atoms with E-state index >= 15 is 0 Å². The van der Waals surface area contributed by atoms with Gasteiger partial charge in [0.1, 0.15) is 0 Å². The van der Waals surface area contributed by atoms with Crippen LogP contribution in [0, 0.1) is 5.92 Å². The van der Waals surface area contributed by atoms with Crippen LogP contribution in [0.5, 0.6) is 0 Å². The molecule has 0 bridgehead atoms. The Bertz CT molecular complexity index is 475. The summed E-state index contributed by atoms with van der Waals surface area (Å²) in [5, 5.41) is 0. The molecule has 0 saturated heterocycles. The molecule has 0 aromatic heterocycles. The van der Waals surface area contributed by atoms with E-state index in [0.717, 1.165) is 18.4 Å². The van der Waals surface area contributed by atoms with E-state index in [1.807, 2.05) is 30.9 Å². The Morgan fingerprint density at radius 3 is 2.26 bits per heavy atom. The van der Waals surface area contributed by atoms with E-state index in [0.29, 0.717) is 18.2 Å². The van der Waals surface area contributed by atoms with Crippen molar-refractivity contribution >= 4 is 11.8 Å². The predicted octanol–water partition coefficient (Wildman–Crippen LogP) is 1.93. The molecular weight excluding hydrogens is 240 g/mol. The van der Waals surface area contributed by atoms with Crippen LogP contribution < -0.4 is 5.73 Å². The Kier molecular flexibility index (Phi) is 3.88. The topological polar surface area (TPSA) is 63.4 Å². The van der Waals surface area contributed by atoms with Gasteiger partial charge in [0.05, 0.1) is 0 Å². The van der Waals surface area contributed by atoms with Crippen LogP contribution in [0.4, 0.5) is 0 Å². The number of carbonyl (C=O) groups excluding carboxylic acids is 2. The number of carbonyl (C=O) groups is 2. The fourth-order valence-corrected chi connectivity index (χ4v) is 2.08. The first-order chi connectivity index (χ1) is 8.99. The summed E-state index contributed by atoms with van der Waals surface area (Å²) in [6.07, 6.45) is 2.19. The van der Waals surface area contributed by atoms with Gasteiger partial charge in [-0.1, -0.05) is 26.0 Å². The summed E-state index contributed by atoms with van der Waals surface area (Å²) in [4.78, 5) is 25.1. The first kappa shape index (κ1) is 13.6. The van der Waals surface area contributed by atoms with Crippen molar-refractivity contribution in [3.63, 3.8) is 0 Å². The van der Waals surface area contributed by atoms with E-state index < -0.39 is 5.91 Å². The third-order valence-corrected chi connectivity index (χ3v) is 3.36. The molecule has 102 valence electrons. The molecule has 1 aromatic carbocycles. The highest BCUT2D eigenvalue weighted by molar-refractivity contribution is 5.92. The second kappa shape index (κ2) is 5.43. The number of nitrogens with two attached hydrogens (primary N) is 1. The summed E-state index contributed by atoms with van der Waals surface area (Å²) < 4.78 is 0. The Balaban J connectivity index is 2.09. The molecule has 0 spiro atoms. The highest BCUT2D eigenvalue weighted by atomic mass is 16.2. The molecule has 1 aliphatic carbocycles. The van der Waals surface area contributed by atoms with Crippen LogP contribution in [0.25, 0.3) is 0 Å². The van der Waals surface area contributed by atoms with E-state index in [2.05, 4.69) is 0 Å². The number of nitrogens with zero attached hydrogens (tertiary/aromatic N) is 1. The lowest BCUT2D eigenvalue weighted by Gasteiger charge is -2.24. The minimum atomic E-state index is -0.427. The molecule has 19 heavy (non-hydrogen) atoms. The number of primary amides is 1. The molecule has 1 fully saturated rings. The molecule has 0 unspecified atom stereocenters. The lowest BCUT2D eigenvalue weighted by Crippen LogP contribution is -2.35. The van der Waals surface area contributed by atoms with Gasteiger partial charge in [-0.15, -0.1) is 0 Å². The van der Waals surface area contributed by atoms with Gasteiger partial charge in [0.2, 0.25) is 11.8 Å². The Hall–Kier alpha value is -1.84. The largest absolute Gasteiger partial charge is 0.366 e. The van der Waals surface area contributed by atoms with Crippen LogP contribution in [-0.2, 0) is 11.3 Å². The maximum absolute atomic E-state index is 12.2. The van der Waals surface area contributed by atoms with E-state index in [1.165, 1.54) is 0 Å². The first-order valence-corrected chi connectivity index (χ1v) is 6.68. The molecule has 1 aliphatic rings. The smallest absolute Gasteiger partial charge is 0.248 e. The average Bonchev–Trinajstić information content (AvgIpc) is 3.19. The molecule has 2 amide bonds. The zero-order valence-corrected chi connectivity index (χ0v) is 11.4. The second-order valence-corrected chi connectivity index (χ2v) is 5.41. The number of hydrogen-bond donors (Lipinski definition) is 1. The molecular formula is C15H20N2O2. The summed E-state index contributed by atoms with van der Waals surface area (Å²) in [7, 11) is 0. The monoisotopic (exact) mass is 260 g/mol. The summed E-state index contributed by atoms with van der Waals surface area (Å²) in [5.74, 6) is -0.212. The van der Waals surface area contributed by atoms with Gasteiger partial charge in [-0.3, -0.25) is 9.59 Å². The minimum absolute atomic E-state index is 0.0190. The summed E-state index contributed by atoms with van der Waals surface area (Å²) in [6.45, 7) is 4.46. The van der Waals surface area contributed by atoms with Crippen molar-refractivity contribution in [3.8, 4) is 0 Å². The summed E-state index contributed by atoms with van der Waals surface area (Å²) >= 11 is 0. The van der Waals surface area contributed by atoms with Crippen LogP contribution in [0.2, 0.25) is 0 Å². The first-order valence-electron chi connectivity index (χ1n) is 6.68. The fraction of sp³-hybridized carbons (Fsp3) is 0.467. The van der Waals surface area contributed by atoms with Crippen LogP contribution in [-0.4, -0.2) is 22.8 Å². The molecule has 0 radical (unpaired) electrons. The van der Waals surface area contributed by atoms with Gasteiger partial charge in [0, 0.05) is 24.1 Å². The lowest BCUT2D eigenvalue weighted by molar-refractivity contribution is -0.135. The van der Waals surface area contributed by atoms with Crippen molar-refractivity contribution in [2.75, 3.05) is 0 Å². The molecule has 2 rings (SSSR count). The zero-order chi connectivity index (χ0) is 14.0. The molecule has 1 saturated carbocycles. The predicted molar refractivity (Wildman–Crippen MR) is 73.4 cm³/mol. The van der Waals surface area contributed by atoms with Crippen molar-refractivity contribution in [1.82, 2.24) is 4.90 Å². The van der Waals surface area contributed by atoms with E-state index in [-0.39, 0.29) is 11.8 Å². The number of amides is 2. The molecule has 0 aliphatic heterocycles. The zero-order valence-electron chi connectivity index (χ0n) is 11.4. The third kappa shape index (κ3) is 3.34. The molecule has 4 heteroatoms.